The molecule has 20 heteroatoms. The smallest absolute Gasteiger partial charge is 0.187 e. The highest BCUT2D eigenvalue weighted by Gasteiger charge is 2.51. The van der Waals surface area contributed by atoms with Crippen LogP contribution in [0.1, 0.15) is 0 Å². The molecule has 1 unspecified atom stereocenters. The molecule has 3 rings (SSSR count). The van der Waals surface area contributed by atoms with Crippen LogP contribution in [0.2, 0.25) is 0 Å². The van der Waals surface area contributed by atoms with Crippen LogP contribution >= 0.6 is 0 Å². The Morgan fingerprint density at radius 3 is 1.83 bits per heavy atom. The molecule has 0 bridgehead atoms. The largest absolute Gasteiger partial charge is 0.548 e. The fourth-order valence-electron chi connectivity index (χ4n) is 5.19. The van der Waals surface area contributed by atoms with E-state index in [4.69, 9.17) is 33.2 Å². The van der Waals surface area contributed by atoms with Gasteiger partial charge in [0.05, 0.1) is 60.1 Å². The average Bonchev–Trinajstić information content (AvgIpc) is 2.96. The molecular weight excluding hydrogens is 630 g/mol. The number of carbonyl (C=O) groups excluding carboxylic acids is 1. The van der Waals surface area contributed by atoms with Crippen molar-refractivity contribution in [2.45, 2.75) is 98.2 Å². The maximum absolute atomic E-state index is 10.7. The fraction of sp³-hybridized carbons (Fsp3) is 0.962. The highest BCUT2D eigenvalue weighted by molar-refractivity contribution is 5.65. The van der Waals surface area contributed by atoms with Crippen LogP contribution in [0.3, 0.4) is 0 Å². The summed E-state index contributed by atoms with van der Waals surface area (Å²) in [4.78, 5) is 10.7. The van der Waals surface area contributed by atoms with Crippen LogP contribution in [-0.4, -0.2) is 220 Å². The third-order valence-electron chi connectivity index (χ3n) is 7.57. The van der Waals surface area contributed by atoms with E-state index in [1.54, 1.807) is 0 Å². The second-order valence-electron chi connectivity index (χ2n) is 12.6. The molecular formula is C26H47NO19. The molecule has 0 aromatic heterocycles. The molecule has 16 atom stereocenters. The van der Waals surface area contributed by atoms with E-state index in [-0.39, 0.29) is 13.2 Å². The van der Waals surface area contributed by atoms with Gasteiger partial charge in [0.2, 0.25) is 0 Å². The minimum atomic E-state index is -1.95. The summed E-state index contributed by atoms with van der Waals surface area (Å²) in [7, 11) is 5.61. The molecule has 3 fully saturated rings. The number of carboxylic acids is 1. The van der Waals surface area contributed by atoms with E-state index < -0.39 is 124 Å². The Morgan fingerprint density at radius 1 is 0.696 bits per heavy atom. The van der Waals surface area contributed by atoms with E-state index in [9.17, 15) is 61.0 Å². The monoisotopic (exact) mass is 677 g/mol. The normalized spacial score (nSPS) is 42.9. The van der Waals surface area contributed by atoms with Gasteiger partial charge in [-0.3, -0.25) is 0 Å². The Hall–Kier alpha value is -1.25. The molecule has 0 aromatic rings. The van der Waals surface area contributed by atoms with Crippen molar-refractivity contribution in [2.75, 3.05) is 60.7 Å². The van der Waals surface area contributed by atoms with Gasteiger partial charge in [0.15, 0.2) is 18.9 Å². The van der Waals surface area contributed by atoms with Crippen molar-refractivity contribution in [1.29, 1.82) is 0 Å². The highest BCUT2D eigenvalue weighted by Crippen LogP contribution is 2.30. The molecule has 10 N–H and O–H groups in total. The third kappa shape index (κ3) is 10.4. The highest BCUT2D eigenvalue weighted by atomic mass is 16.7. The van der Waals surface area contributed by atoms with Crippen molar-refractivity contribution in [1.82, 2.24) is 0 Å². The summed E-state index contributed by atoms with van der Waals surface area (Å²) in [6.07, 6.45) is -26.6. The number of aliphatic carboxylic acids is 1. The minimum Gasteiger partial charge on any atom is -0.548 e. The third-order valence-corrected chi connectivity index (χ3v) is 7.57. The number of rotatable bonds is 15. The van der Waals surface area contributed by atoms with Gasteiger partial charge in [-0.2, -0.15) is 0 Å². The van der Waals surface area contributed by atoms with Gasteiger partial charge >= 0.3 is 0 Å². The molecule has 270 valence electrons. The lowest BCUT2D eigenvalue weighted by Gasteiger charge is -2.46. The Bertz CT molecular complexity index is 941. The lowest BCUT2D eigenvalue weighted by molar-refractivity contribution is -0.873. The van der Waals surface area contributed by atoms with Crippen LogP contribution in [0.4, 0.5) is 0 Å². The van der Waals surface area contributed by atoms with Crippen LogP contribution in [0.15, 0.2) is 0 Å². The zero-order valence-corrected chi connectivity index (χ0v) is 25.6. The Kier molecular flexibility index (Phi) is 14.4. The number of hydrogen-bond donors (Lipinski definition) is 10. The van der Waals surface area contributed by atoms with Crippen LogP contribution in [0.25, 0.3) is 0 Å². The van der Waals surface area contributed by atoms with Crippen molar-refractivity contribution in [3.63, 3.8) is 0 Å². The molecule has 0 aromatic carbocycles. The van der Waals surface area contributed by atoms with E-state index in [1.807, 2.05) is 21.1 Å². The number of aliphatic hydroxyl groups excluding tert-OH is 10. The van der Waals surface area contributed by atoms with Gasteiger partial charge in [0, 0.05) is 0 Å². The standard InChI is InChI=1S/C26H47NO19/c1-27(2,3)4-10(28)5-40-6-11-15(31)17(33)21(37)25(44-11)42-8-12-16(32)18(34)22(38)26(45-12)46-23-13(7-41-9-14(29)30)43-24(39)20(36)19(23)35/h10-13,15-26,28,31-39H,4-9H2,1-3H3/t10?,11-,12-,13-,15+,16-,17+,18+,19-,20+,21-,22+,23-,24-,25+,26+/m1/s1. The van der Waals surface area contributed by atoms with Gasteiger partial charge < -0.3 is 98.6 Å². The van der Waals surface area contributed by atoms with Crippen molar-refractivity contribution < 1.29 is 98.6 Å². The molecule has 0 saturated carbocycles. The van der Waals surface area contributed by atoms with Crippen LogP contribution < -0.4 is 5.11 Å². The van der Waals surface area contributed by atoms with Crippen molar-refractivity contribution in [3.05, 3.63) is 0 Å². The molecule has 0 spiro atoms. The van der Waals surface area contributed by atoms with Crippen LogP contribution in [0.5, 0.6) is 0 Å². The van der Waals surface area contributed by atoms with Gasteiger partial charge in [0.1, 0.15) is 85.9 Å². The number of nitrogens with zero attached hydrogens (tertiary/aromatic N) is 1. The topological polar surface area (TPSA) is 307 Å². The summed E-state index contributed by atoms with van der Waals surface area (Å²) < 4.78 is 38.1. The second-order valence-corrected chi connectivity index (χ2v) is 12.6. The first kappa shape index (κ1) is 39.2. The SMILES string of the molecule is C[N+](C)(C)CC(O)COC[C@H]1O[C@H](OC[C@H]2O[C@@H](O[C@H]3[C@H](O)[C@H](O)[C@H](O)O[C@@H]3COCC(=O)[O-])[C@@H](O)[C@@H](O)[C@@H]2O)[C@H](O)[C@@H](O)[C@H]1O. The summed E-state index contributed by atoms with van der Waals surface area (Å²) >= 11 is 0. The van der Waals surface area contributed by atoms with Crippen molar-refractivity contribution in [2.24, 2.45) is 0 Å². The first-order valence-electron chi connectivity index (χ1n) is 14.6. The van der Waals surface area contributed by atoms with Crippen molar-refractivity contribution in [3.8, 4) is 0 Å². The first-order valence-corrected chi connectivity index (χ1v) is 14.6. The Balaban J connectivity index is 1.63. The molecule has 20 nitrogen and oxygen atoms in total. The Morgan fingerprint density at radius 2 is 1.24 bits per heavy atom. The second kappa shape index (κ2) is 16.9. The molecule has 0 amide bonds. The molecule has 0 radical (unpaired) electrons. The lowest BCUT2D eigenvalue weighted by Crippen LogP contribution is -2.65. The maximum atomic E-state index is 10.7. The van der Waals surface area contributed by atoms with Gasteiger partial charge in [-0.1, -0.05) is 0 Å². The zero-order chi connectivity index (χ0) is 34.5. The minimum absolute atomic E-state index is 0.115. The maximum Gasteiger partial charge on any atom is 0.187 e. The van der Waals surface area contributed by atoms with Gasteiger partial charge in [-0.05, 0) is 0 Å². The number of hydrogen-bond acceptors (Lipinski definition) is 19. The average molecular weight is 678 g/mol. The number of likely N-dealkylation sites (N-methyl/N-ethyl adjacent to an activating group) is 1. The predicted octanol–water partition coefficient (Wildman–Crippen LogP) is -8.71. The molecule has 3 saturated heterocycles. The molecule has 46 heavy (non-hydrogen) atoms. The molecule has 3 aliphatic rings. The van der Waals surface area contributed by atoms with Crippen molar-refractivity contribution >= 4 is 5.97 Å². The van der Waals surface area contributed by atoms with E-state index in [0.717, 1.165) is 0 Å². The fourth-order valence-corrected chi connectivity index (χ4v) is 5.19. The van der Waals surface area contributed by atoms with E-state index in [1.165, 1.54) is 0 Å². The van der Waals surface area contributed by atoms with E-state index >= 15 is 0 Å². The van der Waals surface area contributed by atoms with Crippen LogP contribution in [0, 0.1) is 0 Å². The summed E-state index contributed by atoms with van der Waals surface area (Å²) in [5.74, 6) is -1.58. The number of quaternary nitrogens is 1. The predicted molar refractivity (Wildman–Crippen MR) is 143 cm³/mol. The van der Waals surface area contributed by atoms with Crippen LogP contribution in [-0.2, 0) is 38.0 Å². The molecule has 3 heterocycles. The zero-order valence-electron chi connectivity index (χ0n) is 25.6. The Labute approximate surface area is 264 Å². The first-order chi connectivity index (χ1) is 21.4. The van der Waals surface area contributed by atoms with E-state index in [0.29, 0.717) is 11.0 Å². The molecule has 0 aliphatic carbocycles. The number of carbonyl (C=O) groups is 1. The van der Waals surface area contributed by atoms with Gasteiger partial charge in [-0.15, -0.1) is 0 Å². The quantitative estimate of drug-likeness (QED) is 0.0719. The number of ether oxygens (including phenoxy) is 7. The number of carboxylic acid groups (broad SMARTS) is 1. The number of aliphatic hydroxyl groups is 10. The summed E-state index contributed by atoms with van der Waals surface area (Å²) in [5, 5.41) is 114. The van der Waals surface area contributed by atoms with Gasteiger partial charge in [-0.25, -0.2) is 0 Å². The lowest BCUT2D eigenvalue weighted by atomic mass is 9.97. The summed E-state index contributed by atoms with van der Waals surface area (Å²) in [6.45, 7) is -2.19. The summed E-state index contributed by atoms with van der Waals surface area (Å²) in [5.41, 5.74) is 0. The van der Waals surface area contributed by atoms with E-state index in [2.05, 4.69) is 0 Å². The van der Waals surface area contributed by atoms with Gasteiger partial charge in [0.25, 0.3) is 0 Å². The molecule has 3 aliphatic heterocycles. The summed E-state index contributed by atoms with van der Waals surface area (Å²) in [6, 6.07) is 0.